The van der Waals surface area contributed by atoms with Gasteiger partial charge in [0.15, 0.2) is 0 Å². The smallest absolute Gasteiger partial charge is 0.0599 e. The lowest BCUT2D eigenvalue weighted by molar-refractivity contribution is 0.336. The van der Waals surface area contributed by atoms with E-state index in [0.717, 1.165) is 25.0 Å². The molecule has 2 saturated heterocycles. The molecular formula is C10H16N2. The van der Waals surface area contributed by atoms with E-state index in [4.69, 9.17) is 6.42 Å². The molecule has 0 aromatic rings. The summed E-state index contributed by atoms with van der Waals surface area (Å²) in [6.07, 6.45) is 8.01. The van der Waals surface area contributed by atoms with Crippen LogP contribution < -0.4 is 5.32 Å². The highest BCUT2D eigenvalue weighted by atomic mass is 15.2. The molecule has 2 aliphatic heterocycles. The molecule has 2 aliphatic rings. The maximum Gasteiger partial charge on any atom is 0.0599 e. The van der Waals surface area contributed by atoms with Crippen LogP contribution in [0.25, 0.3) is 0 Å². The highest BCUT2D eigenvalue weighted by Crippen LogP contribution is 2.24. The van der Waals surface area contributed by atoms with Crippen molar-refractivity contribution in [2.45, 2.75) is 18.9 Å². The van der Waals surface area contributed by atoms with Crippen molar-refractivity contribution in [3.05, 3.63) is 0 Å². The minimum atomic E-state index is 0.729. The Morgan fingerprint density at radius 1 is 1.50 bits per heavy atom. The van der Waals surface area contributed by atoms with E-state index in [1.807, 2.05) is 0 Å². The predicted molar refractivity (Wildman–Crippen MR) is 49.8 cm³/mol. The van der Waals surface area contributed by atoms with Gasteiger partial charge in [-0.15, -0.1) is 6.42 Å². The van der Waals surface area contributed by atoms with Gasteiger partial charge in [-0.2, -0.15) is 0 Å². The van der Waals surface area contributed by atoms with Crippen LogP contribution in [-0.4, -0.2) is 37.1 Å². The molecule has 0 spiro atoms. The van der Waals surface area contributed by atoms with Crippen molar-refractivity contribution in [3.8, 4) is 12.3 Å². The van der Waals surface area contributed by atoms with Crippen LogP contribution in [0, 0.1) is 18.3 Å². The normalized spacial score (nSPS) is 35.9. The highest BCUT2D eigenvalue weighted by molar-refractivity contribution is 4.97. The van der Waals surface area contributed by atoms with Crippen molar-refractivity contribution in [2.24, 2.45) is 5.92 Å². The van der Waals surface area contributed by atoms with Gasteiger partial charge in [-0.1, -0.05) is 5.92 Å². The second kappa shape index (κ2) is 3.47. The number of likely N-dealkylation sites (tertiary alicyclic amines) is 1. The zero-order valence-corrected chi connectivity index (χ0v) is 7.42. The van der Waals surface area contributed by atoms with Gasteiger partial charge in [0.2, 0.25) is 0 Å². The molecule has 12 heavy (non-hydrogen) atoms. The summed E-state index contributed by atoms with van der Waals surface area (Å²) in [6, 6.07) is 0.729. The number of hydrogen-bond acceptors (Lipinski definition) is 2. The molecule has 0 radical (unpaired) electrons. The molecule has 2 heteroatoms. The maximum atomic E-state index is 5.29. The SMILES string of the molecule is C#CCN1C[C@@H]2CCCN[C@@H]2C1. The Labute approximate surface area is 74.3 Å². The molecule has 0 unspecified atom stereocenters. The molecule has 0 aromatic carbocycles. The monoisotopic (exact) mass is 164 g/mol. The van der Waals surface area contributed by atoms with E-state index in [1.54, 1.807) is 0 Å². The Kier molecular flexibility index (Phi) is 2.34. The van der Waals surface area contributed by atoms with Gasteiger partial charge in [-0.3, -0.25) is 4.90 Å². The van der Waals surface area contributed by atoms with Gasteiger partial charge in [-0.25, -0.2) is 0 Å². The van der Waals surface area contributed by atoms with Gasteiger partial charge in [0.25, 0.3) is 0 Å². The third-order valence-electron chi connectivity index (χ3n) is 2.99. The first-order chi connectivity index (χ1) is 5.90. The lowest BCUT2D eigenvalue weighted by Gasteiger charge is -2.24. The molecule has 66 valence electrons. The van der Waals surface area contributed by atoms with Gasteiger partial charge in [0.05, 0.1) is 6.54 Å². The van der Waals surface area contributed by atoms with E-state index < -0.39 is 0 Å². The Bertz CT molecular complexity index is 181. The van der Waals surface area contributed by atoms with Crippen LogP contribution >= 0.6 is 0 Å². The van der Waals surface area contributed by atoms with Crippen LogP contribution in [0.5, 0.6) is 0 Å². The summed E-state index contributed by atoms with van der Waals surface area (Å²) in [4.78, 5) is 2.38. The minimum Gasteiger partial charge on any atom is -0.312 e. The van der Waals surface area contributed by atoms with E-state index in [9.17, 15) is 0 Å². The quantitative estimate of drug-likeness (QED) is 0.561. The molecule has 0 amide bonds. The average molecular weight is 164 g/mol. The molecule has 2 fully saturated rings. The standard InChI is InChI=1S/C10H16N2/c1-2-6-12-7-9-4-3-5-11-10(9)8-12/h1,9-11H,3-8H2/t9-,10+/m0/s1. The fourth-order valence-corrected chi connectivity index (χ4v) is 2.39. The lowest BCUT2D eigenvalue weighted by Crippen LogP contribution is -2.40. The number of piperidine rings is 1. The molecule has 1 N–H and O–H groups in total. The van der Waals surface area contributed by atoms with Crippen molar-refractivity contribution in [1.82, 2.24) is 10.2 Å². The molecule has 2 rings (SSSR count). The van der Waals surface area contributed by atoms with E-state index >= 15 is 0 Å². The molecular weight excluding hydrogens is 148 g/mol. The topological polar surface area (TPSA) is 15.3 Å². The summed E-state index contributed by atoms with van der Waals surface area (Å²) in [5.41, 5.74) is 0. The van der Waals surface area contributed by atoms with Crippen molar-refractivity contribution in [1.29, 1.82) is 0 Å². The molecule has 2 nitrogen and oxygen atoms in total. The largest absolute Gasteiger partial charge is 0.312 e. The number of hydrogen-bond donors (Lipinski definition) is 1. The number of nitrogens with one attached hydrogen (secondary N) is 1. The Morgan fingerprint density at radius 2 is 2.42 bits per heavy atom. The van der Waals surface area contributed by atoms with Crippen LogP contribution in [0.3, 0.4) is 0 Å². The molecule has 0 aliphatic carbocycles. The summed E-state index contributed by atoms with van der Waals surface area (Å²) in [6.45, 7) is 4.40. The van der Waals surface area contributed by atoms with Crippen LogP contribution in [0.4, 0.5) is 0 Å². The van der Waals surface area contributed by atoms with Crippen LogP contribution in [0.2, 0.25) is 0 Å². The predicted octanol–water partition coefficient (Wildman–Crippen LogP) is 0.303. The van der Waals surface area contributed by atoms with Crippen LogP contribution in [0.1, 0.15) is 12.8 Å². The van der Waals surface area contributed by atoms with Gasteiger partial charge < -0.3 is 5.32 Å². The van der Waals surface area contributed by atoms with Gasteiger partial charge in [0.1, 0.15) is 0 Å². The summed E-state index contributed by atoms with van der Waals surface area (Å²) >= 11 is 0. The first kappa shape index (κ1) is 8.10. The van der Waals surface area contributed by atoms with E-state index in [1.165, 1.54) is 25.9 Å². The first-order valence-corrected chi connectivity index (χ1v) is 4.79. The lowest BCUT2D eigenvalue weighted by atomic mass is 9.94. The van der Waals surface area contributed by atoms with Crippen molar-refractivity contribution >= 4 is 0 Å². The molecule has 0 saturated carbocycles. The summed E-state index contributed by atoms with van der Waals surface area (Å²) in [7, 11) is 0. The third-order valence-corrected chi connectivity index (χ3v) is 2.99. The Hall–Kier alpha value is -0.520. The second-order valence-electron chi connectivity index (χ2n) is 3.86. The van der Waals surface area contributed by atoms with E-state index in [0.29, 0.717) is 0 Å². The average Bonchev–Trinajstić information content (AvgIpc) is 2.47. The summed E-state index contributed by atoms with van der Waals surface area (Å²) in [5.74, 6) is 3.59. The van der Waals surface area contributed by atoms with Gasteiger partial charge in [-0.05, 0) is 25.3 Å². The molecule has 2 heterocycles. The number of rotatable bonds is 1. The van der Waals surface area contributed by atoms with Crippen molar-refractivity contribution in [2.75, 3.05) is 26.2 Å². The van der Waals surface area contributed by atoms with Crippen molar-refractivity contribution < 1.29 is 0 Å². The summed E-state index contributed by atoms with van der Waals surface area (Å²) in [5, 5.41) is 3.56. The number of terminal acetylenes is 1. The van der Waals surface area contributed by atoms with Crippen molar-refractivity contribution in [3.63, 3.8) is 0 Å². The fraction of sp³-hybridized carbons (Fsp3) is 0.800. The first-order valence-electron chi connectivity index (χ1n) is 4.79. The Morgan fingerprint density at radius 3 is 3.17 bits per heavy atom. The maximum absolute atomic E-state index is 5.29. The Balaban J connectivity index is 1.90. The number of fused-ring (bicyclic) bond motifs is 1. The van der Waals surface area contributed by atoms with E-state index in [-0.39, 0.29) is 0 Å². The van der Waals surface area contributed by atoms with E-state index in [2.05, 4.69) is 16.1 Å². The highest BCUT2D eigenvalue weighted by Gasteiger charge is 2.33. The zero-order chi connectivity index (χ0) is 8.39. The number of nitrogens with zero attached hydrogens (tertiary/aromatic N) is 1. The molecule has 0 bridgehead atoms. The van der Waals surface area contributed by atoms with Crippen LogP contribution in [0.15, 0.2) is 0 Å². The zero-order valence-electron chi connectivity index (χ0n) is 7.42. The van der Waals surface area contributed by atoms with Crippen LogP contribution in [-0.2, 0) is 0 Å². The summed E-state index contributed by atoms with van der Waals surface area (Å²) < 4.78 is 0. The minimum absolute atomic E-state index is 0.729. The third kappa shape index (κ3) is 1.48. The molecule has 2 atom stereocenters. The van der Waals surface area contributed by atoms with Gasteiger partial charge in [0, 0.05) is 19.1 Å². The molecule has 0 aromatic heterocycles. The second-order valence-corrected chi connectivity index (χ2v) is 3.86. The van der Waals surface area contributed by atoms with Gasteiger partial charge >= 0.3 is 0 Å². The fourth-order valence-electron chi connectivity index (χ4n) is 2.39.